The molecule has 32 heavy (non-hydrogen) atoms. The number of imide groups is 1. The summed E-state index contributed by atoms with van der Waals surface area (Å²) in [4.78, 5) is 24.6. The fourth-order valence-electron chi connectivity index (χ4n) is 3.90. The number of rotatable bonds is 7. The number of nitrogens with one attached hydrogen (secondary N) is 3. The number of anilines is 1. The molecule has 1 saturated heterocycles. The van der Waals surface area contributed by atoms with Gasteiger partial charge in [-0.15, -0.1) is 0 Å². The SMILES string of the molecule is COc1ccc(NC(C)C(=O)NC(=O)NC2CCCCC2)cc1S(=O)(=O)N1CCOCC1. The van der Waals surface area contributed by atoms with E-state index in [4.69, 9.17) is 9.47 Å². The molecule has 3 rings (SSSR count). The van der Waals surface area contributed by atoms with Gasteiger partial charge in [-0.25, -0.2) is 13.2 Å². The van der Waals surface area contributed by atoms with Gasteiger partial charge in [-0.3, -0.25) is 10.1 Å². The third-order valence-electron chi connectivity index (χ3n) is 5.71. The molecule has 1 unspecified atom stereocenters. The average molecular weight is 469 g/mol. The Morgan fingerprint density at radius 2 is 1.84 bits per heavy atom. The van der Waals surface area contributed by atoms with Gasteiger partial charge in [0.2, 0.25) is 15.9 Å². The first-order chi connectivity index (χ1) is 15.3. The standard InChI is InChI=1S/C21H32N4O6S/c1-15(20(26)24-21(27)23-16-6-4-3-5-7-16)22-17-8-9-18(30-2)19(14-17)32(28,29)25-10-12-31-13-11-25/h8-9,14-16,22H,3-7,10-13H2,1-2H3,(H2,23,24,26,27). The van der Waals surface area contributed by atoms with Crippen LogP contribution in [0, 0.1) is 0 Å². The molecule has 1 heterocycles. The van der Waals surface area contributed by atoms with E-state index in [2.05, 4.69) is 16.0 Å². The number of benzene rings is 1. The highest BCUT2D eigenvalue weighted by Crippen LogP contribution is 2.30. The Morgan fingerprint density at radius 1 is 1.16 bits per heavy atom. The normalized spacial score (nSPS) is 19.1. The number of hydrogen-bond acceptors (Lipinski definition) is 7. The Kier molecular flexibility index (Phi) is 8.32. The molecule has 1 aliphatic heterocycles. The monoisotopic (exact) mass is 468 g/mol. The second-order valence-corrected chi connectivity index (χ2v) is 9.95. The van der Waals surface area contributed by atoms with Crippen LogP contribution in [0.15, 0.2) is 23.1 Å². The van der Waals surface area contributed by atoms with Crippen molar-refractivity contribution < 1.29 is 27.5 Å². The van der Waals surface area contributed by atoms with Crippen molar-refractivity contribution in [3.05, 3.63) is 18.2 Å². The van der Waals surface area contributed by atoms with E-state index in [0.29, 0.717) is 18.9 Å². The van der Waals surface area contributed by atoms with Crippen LogP contribution in [-0.4, -0.2) is 70.2 Å². The third kappa shape index (κ3) is 6.11. The lowest BCUT2D eigenvalue weighted by Crippen LogP contribution is -2.49. The molecule has 11 heteroatoms. The summed E-state index contributed by atoms with van der Waals surface area (Å²) in [6, 6.07) is 3.42. The second kappa shape index (κ2) is 11.0. The average Bonchev–Trinajstić information content (AvgIpc) is 2.80. The summed E-state index contributed by atoms with van der Waals surface area (Å²) in [6.45, 7) is 2.79. The quantitative estimate of drug-likeness (QED) is 0.556. The molecule has 1 saturated carbocycles. The van der Waals surface area contributed by atoms with Gasteiger partial charge in [0, 0.05) is 24.8 Å². The van der Waals surface area contributed by atoms with E-state index in [1.54, 1.807) is 13.0 Å². The van der Waals surface area contributed by atoms with Gasteiger partial charge in [-0.1, -0.05) is 19.3 Å². The smallest absolute Gasteiger partial charge is 0.321 e. The number of methoxy groups -OCH3 is 1. The molecule has 1 aromatic carbocycles. The van der Waals surface area contributed by atoms with Crippen LogP contribution in [0.2, 0.25) is 0 Å². The van der Waals surface area contributed by atoms with Crippen molar-refractivity contribution in [2.24, 2.45) is 0 Å². The van der Waals surface area contributed by atoms with E-state index < -0.39 is 28.0 Å². The lowest BCUT2D eigenvalue weighted by atomic mass is 9.96. The summed E-state index contributed by atoms with van der Waals surface area (Å²) in [7, 11) is -2.39. The Bertz CT molecular complexity index is 911. The predicted octanol–water partition coefficient (Wildman–Crippen LogP) is 1.68. The van der Waals surface area contributed by atoms with E-state index in [1.807, 2.05) is 0 Å². The van der Waals surface area contributed by atoms with E-state index in [0.717, 1.165) is 25.7 Å². The number of carbonyl (C=O) groups is 2. The van der Waals surface area contributed by atoms with Gasteiger partial charge in [0.25, 0.3) is 0 Å². The van der Waals surface area contributed by atoms with Crippen LogP contribution in [0.25, 0.3) is 0 Å². The van der Waals surface area contributed by atoms with Gasteiger partial charge < -0.3 is 20.1 Å². The van der Waals surface area contributed by atoms with Gasteiger partial charge in [0.1, 0.15) is 16.7 Å². The van der Waals surface area contributed by atoms with Gasteiger partial charge in [0.15, 0.2) is 0 Å². The predicted molar refractivity (Wildman–Crippen MR) is 119 cm³/mol. The minimum Gasteiger partial charge on any atom is -0.495 e. The number of carbonyl (C=O) groups excluding carboxylic acids is 2. The molecular weight excluding hydrogens is 436 g/mol. The Labute approximate surface area is 189 Å². The summed E-state index contributed by atoms with van der Waals surface area (Å²) in [5, 5.41) is 8.15. The van der Waals surface area contributed by atoms with Crippen LogP contribution >= 0.6 is 0 Å². The molecule has 0 bridgehead atoms. The summed E-state index contributed by atoms with van der Waals surface area (Å²) in [6.07, 6.45) is 5.15. The molecule has 0 aromatic heterocycles. The summed E-state index contributed by atoms with van der Waals surface area (Å²) in [5.74, 6) is -0.294. The highest BCUT2D eigenvalue weighted by Gasteiger charge is 2.30. The molecule has 1 aromatic rings. The van der Waals surface area contributed by atoms with Crippen molar-refractivity contribution in [1.29, 1.82) is 0 Å². The lowest BCUT2D eigenvalue weighted by molar-refractivity contribution is -0.120. The second-order valence-electron chi connectivity index (χ2n) is 8.05. The maximum absolute atomic E-state index is 13.1. The van der Waals surface area contributed by atoms with Crippen molar-refractivity contribution in [2.75, 3.05) is 38.7 Å². The highest BCUT2D eigenvalue weighted by atomic mass is 32.2. The number of ether oxygens (including phenoxy) is 2. The number of amides is 3. The van der Waals surface area contributed by atoms with E-state index in [1.165, 1.54) is 30.0 Å². The molecule has 0 spiro atoms. The molecule has 10 nitrogen and oxygen atoms in total. The molecule has 0 radical (unpaired) electrons. The Morgan fingerprint density at radius 3 is 2.50 bits per heavy atom. The fraction of sp³-hybridized carbons (Fsp3) is 0.619. The minimum absolute atomic E-state index is 0.00884. The number of urea groups is 1. The molecule has 2 fully saturated rings. The molecule has 2 aliphatic rings. The largest absolute Gasteiger partial charge is 0.495 e. The third-order valence-corrected chi connectivity index (χ3v) is 7.62. The van der Waals surface area contributed by atoms with Gasteiger partial charge in [0.05, 0.1) is 20.3 Å². The maximum atomic E-state index is 13.1. The molecule has 3 N–H and O–H groups in total. The zero-order valence-electron chi connectivity index (χ0n) is 18.6. The van der Waals surface area contributed by atoms with Crippen molar-refractivity contribution in [3.63, 3.8) is 0 Å². The van der Waals surface area contributed by atoms with E-state index >= 15 is 0 Å². The summed E-state index contributed by atoms with van der Waals surface area (Å²) in [5.41, 5.74) is 0.424. The van der Waals surface area contributed by atoms with Crippen molar-refractivity contribution in [1.82, 2.24) is 14.9 Å². The maximum Gasteiger partial charge on any atom is 0.321 e. The number of sulfonamides is 1. The van der Waals surface area contributed by atoms with E-state index in [9.17, 15) is 18.0 Å². The van der Waals surface area contributed by atoms with E-state index in [-0.39, 0.29) is 29.8 Å². The van der Waals surface area contributed by atoms with Crippen molar-refractivity contribution in [2.45, 2.75) is 56.0 Å². The van der Waals surface area contributed by atoms with Crippen LogP contribution in [-0.2, 0) is 19.6 Å². The van der Waals surface area contributed by atoms with Crippen LogP contribution in [0.1, 0.15) is 39.0 Å². The first-order valence-corrected chi connectivity index (χ1v) is 12.4. The lowest BCUT2D eigenvalue weighted by Gasteiger charge is -2.27. The van der Waals surface area contributed by atoms with Gasteiger partial charge in [-0.05, 0) is 38.0 Å². The zero-order chi connectivity index (χ0) is 23.1. The number of morpholine rings is 1. The summed E-state index contributed by atoms with van der Waals surface area (Å²) >= 11 is 0. The highest BCUT2D eigenvalue weighted by molar-refractivity contribution is 7.89. The zero-order valence-corrected chi connectivity index (χ0v) is 19.4. The molecule has 3 amide bonds. The number of hydrogen-bond donors (Lipinski definition) is 3. The Balaban J connectivity index is 1.65. The minimum atomic E-state index is -3.80. The van der Waals surface area contributed by atoms with Crippen molar-refractivity contribution >= 4 is 27.6 Å². The van der Waals surface area contributed by atoms with Crippen LogP contribution in [0.5, 0.6) is 5.75 Å². The van der Waals surface area contributed by atoms with Gasteiger partial charge in [-0.2, -0.15) is 4.31 Å². The van der Waals surface area contributed by atoms with Gasteiger partial charge >= 0.3 is 6.03 Å². The molecule has 178 valence electrons. The first kappa shape index (κ1) is 24.3. The fourth-order valence-corrected chi connectivity index (χ4v) is 5.49. The van der Waals surface area contributed by atoms with Crippen LogP contribution in [0.3, 0.4) is 0 Å². The summed E-state index contributed by atoms with van der Waals surface area (Å²) < 4.78 is 38.1. The van der Waals surface area contributed by atoms with Crippen molar-refractivity contribution in [3.8, 4) is 5.75 Å². The van der Waals surface area contributed by atoms with Crippen LogP contribution < -0.4 is 20.7 Å². The number of nitrogens with zero attached hydrogens (tertiary/aromatic N) is 1. The Hall–Kier alpha value is -2.37. The topological polar surface area (TPSA) is 126 Å². The van der Waals surface area contributed by atoms with Crippen LogP contribution in [0.4, 0.5) is 10.5 Å². The molecule has 1 atom stereocenters. The molecule has 1 aliphatic carbocycles. The first-order valence-electron chi connectivity index (χ1n) is 10.9. The molecular formula is C21H32N4O6S.